The van der Waals surface area contributed by atoms with E-state index in [-0.39, 0.29) is 5.91 Å². The van der Waals surface area contributed by atoms with Crippen LogP contribution in [-0.4, -0.2) is 59.8 Å². The van der Waals surface area contributed by atoms with Gasteiger partial charge in [0.1, 0.15) is 11.6 Å². The lowest BCUT2D eigenvalue weighted by atomic mass is 9.99. The maximum Gasteiger partial charge on any atom is 0.251 e. The summed E-state index contributed by atoms with van der Waals surface area (Å²) in [6.45, 7) is 6.49. The Labute approximate surface area is 266 Å². The molecule has 3 aromatic carbocycles. The summed E-state index contributed by atoms with van der Waals surface area (Å²) in [6, 6.07) is 23.3. The van der Waals surface area contributed by atoms with Gasteiger partial charge in [0.25, 0.3) is 5.91 Å². The third-order valence-corrected chi connectivity index (χ3v) is 8.85. The van der Waals surface area contributed by atoms with Gasteiger partial charge in [-0.15, -0.1) is 0 Å². The van der Waals surface area contributed by atoms with E-state index in [9.17, 15) is 4.79 Å². The van der Waals surface area contributed by atoms with Crippen LogP contribution in [0.2, 0.25) is 0 Å². The van der Waals surface area contributed by atoms with Crippen LogP contribution in [0.15, 0.2) is 84.7 Å². The highest BCUT2D eigenvalue weighted by Gasteiger charge is 2.22. The van der Waals surface area contributed by atoms with Gasteiger partial charge in [0.05, 0.1) is 13.2 Å². The highest BCUT2D eigenvalue weighted by molar-refractivity contribution is 6.07. The van der Waals surface area contributed by atoms with Crippen molar-refractivity contribution in [1.29, 1.82) is 0 Å². The molecule has 1 aromatic heterocycles. The minimum atomic E-state index is -0.0769. The number of para-hydroxylation sites is 1. The number of carbonyl (C=O) groups excluding carboxylic acids is 1. The SMILES string of the molecule is CCOc1ccccc1-c1ccc2c(c1)C=C(C(=O)Nc1ccc(CN(C)C3CCOCC3)cc1)CCN2Cc1nccn1C. The fourth-order valence-corrected chi connectivity index (χ4v) is 6.26. The lowest BCUT2D eigenvalue weighted by Gasteiger charge is -2.31. The molecule has 0 unspecified atom stereocenters. The normalized spacial score (nSPS) is 15.4. The lowest BCUT2D eigenvalue weighted by molar-refractivity contribution is -0.112. The second kappa shape index (κ2) is 14.1. The third-order valence-electron chi connectivity index (χ3n) is 8.85. The predicted molar refractivity (Wildman–Crippen MR) is 180 cm³/mol. The largest absolute Gasteiger partial charge is 0.493 e. The number of anilines is 2. The fraction of sp³-hybridized carbons (Fsp3) is 0.351. The maximum absolute atomic E-state index is 13.7. The zero-order valence-electron chi connectivity index (χ0n) is 26.5. The number of rotatable bonds is 10. The molecule has 1 fully saturated rings. The standard InChI is InChI=1S/C37H43N5O3/c1-4-45-35-8-6-5-7-33(35)28-11-14-34-30(23-28)24-29(15-19-42(34)26-36-38-18-20-40(36)2)37(43)39-31-12-9-27(10-13-31)25-41(3)32-16-21-44-22-17-32/h5-14,18,20,23-24,32H,4,15-17,19,21-22,25-26H2,1-3H3,(H,39,43). The van der Waals surface area contributed by atoms with Crippen LogP contribution in [0.5, 0.6) is 5.75 Å². The van der Waals surface area contributed by atoms with E-state index in [1.54, 1.807) is 0 Å². The molecule has 1 amide bonds. The van der Waals surface area contributed by atoms with Gasteiger partial charge < -0.3 is 24.3 Å². The number of amides is 1. The predicted octanol–water partition coefficient (Wildman–Crippen LogP) is 6.53. The third kappa shape index (κ3) is 7.30. The van der Waals surface area contributed by atoms with E-state index in [0.717, 1.165) is 77.8 Å². The van der Waals surface area contributed by atoms with E-state index in [4.69, 9.17) is 9.47 Å². The van der Waals surface area contributed by atoms with Crippen molar-refractivity contribution in [3.05, 3.63) is 102 Å². The molecule has 0 radical (unpaired) electrons. The van der Waals surface area contributed by atoms with Gasteiger partial charge in [-0.05, 0) is 86.3 Å². The zero-order valence-corrected chi connectivity index (χ0v) is 26.5. The Morgan fingerprint density at radius 1 is 1.09 bits per heavy atom. The Bertz CT molecular complexity index is 1640. The number of fused-ring (bicyclic) bond motifs is 1. The summed E-state index contributed by atoms with van der Waals surface area (Å²) in [5.41, 5.74) is 6.94. The van der Waals surface area contributed by atoms with Crippen molar-refractivity contribution in [2.45, 2.75) is 45.3 Å². The van der Waals surface area contributed by atoms with Crippen LogP contribution in [0.1, 0.15) is 43.1 Å². The van der Waals surface area contributed by atoms with Crippen molar-refractivity contribution < 1.29 is 14.3 Å². The second-order valence-corrected chi connectivity index (χ2v) is 11.9. The maximum atomic E-state index is 13.7. The summed E-state index contributed by atoms with van der Waals surface area (Å²) in [6.07, 6.45) is 8.60. The van der Waals surface area contributed by atoms with Gasteiger partial charge in [-0.1, -0.05) is 36.4 Å². The van der Waals surface area contributed by atoms with Crippen LogP contribution in [0.25, 0.3) is 17.2 Å². The van der Waals surface area contributed by atoms with Crippen LogP contribution in [0.4, 0.5) is 11.4 Å². The summed E-state index contributed by atoms with van der Waals surface area (Å²) in [5.74, 6) is 1.75. The second-order valence-electron chi connectivity index (χ2n) is 11.9. The van der Waals surface area contributed by atoms with Crippen molar-refractivity contribution in [1.82, 2.24) is 14.5 Å². The number of ether oxygens (including phenoxy) is 2. The zero-order chi connectivity index (χ0) is 31.2. The van der Waals surface area contributed by atoms with Crippen LogP contribution in [0.3, 0.4) is 0 Å². The molecule has 2 aliphatic rings. The molecular formula is C37H43N5O3. The molecule has 0 spiro atoms. The van der Waals surface area contributed by atoms with E-state index in [1.807, 2.05) is 67.3 Å². The number of hydrogen-bond donors (Lipinski definition) is 1. The summed E-state index contributed by atoms with van der Waals surface area (Å²) in [4.78, 5) is 23.0. The topological polar surface area (TPSA) is 71.9 Å². The molecule has 4 aromatic rings. The number of benzene rings is 3. The number of nitrogens with one attached hydrogen (secondary N) is 1. The summed E-state index contributed by atoms with van der Waals surface area (Å²) >= 11 is 0. The van der Waals surface area contributed by atoms with Crippen LogP contribution < -0.4 is 15.0 Å². The Balaban J connectivity index is 1.23. The highest BCUT2D eigenvalue weighted by Crippen LogP contribution is 2.36. The molecule has 234 valence electrons. The van der Waals surface area contributed by atoms with E-state index in [2.05, 4.69) is 63.5 Å². The van der Waals surface area contributed by atoms with Gasteiger partial charge in [0.15, 0.2) is 0 Å². The smallest absolute Gasteiger partial charge is 0.251 e. The number of aromatic nitrogens is 2. The van der Waals surface area contributed by atoms with Gasteiger partial charge >= 0.3 is 0 Å². The molecule has 8 nitrogen and oxygen atoms in total. The number of aryl methyl sites for hydroxylation is 1. The fourth-order valence-electron chi connectivity index (χ4n) is 6.26. The Kier molecular flexibility index (Phi) is 9.62. The quantitative estimate of drug-likeness (QED) is 0.222. The monoisotopic (exact) mass is 605 g/mol. The Morgan fingerprint density at radius 2 is 1.89 bits per heavy atom. The van der Waals surface area contributed by atoms with Crippen molar-refractivity contribution >= 4 is 23.4 Å². The first kappa shape index (κ1) is 30.6. The lowest BCUT2D eigenvalue weighted by Crippen LogP contribution is -2.36. The van der Waals surface area contributed by atoms with Crippen molar-refractivity contribution in [2.75, 3.05) is 43.6 Å². The molecule has 0 bridgehead atoms. The molecule has 45 heavy (non-hydrogen) atoms. The van der Waals surface area contributed by atoms with Crippen molar-refractivity contribution in [3.8, 4) is 16.9 Å². The van der Waals surface area contributed by atoms with Crippen molar-refractivity contribution in [2.24, 2.45) is 7.05 Å². The first-order valence-electron chi connectivity index (χ1n) is 15.9. The number of carbonyl (C=O) groups is 1. The van der Waals surface area contributed by atoms with Gasteiger partial charge in [0, 0.05) is 74.3 Å². The average Bonchev–Trinajstić information content (AvgIpc) is 3.38. The molecule has 3 heterocycles. The molecule has 1 N–H and O–H groups in total. The summed E-state index contributed by atoms with van der Waals surface area (Å²) in [5, 5.41) is 3.16. The highest BCUT2D eigenvalue weighted by atomic mass is 16.5. The molecule has 6 rings (SSSR count). The van der Waals surface area contributed by atoms with E-state index in [0.29, 0.717) is 32.2 Å². The van der Waals surface area contributed by atoms with Crippen LogP contribution in [0, 0.1) is 0 Å². The first-order chi connectivity index (χ1) is 22.0. The number of nitrogens with zero attached hydrogens (tertiary/aromatic N) is 4. The Morgan fingerprint density at radius 3 is 2.64 bits per heavy atom. The minimum absolute atomic E-state index is 0.0769. The number of imidazole rings is 1. The van der Waals surface area contributed by atoms with E-state index in [1.165, 1.54) is 5.56 Å². The molecule has 1 saturated heterocycles. The van der Waals surface area contributed by atoms with Gasteiger partial charge in [-0.2, -0.15) is 0 Å². The van der Waals surface area contributed by atoms with E-state index < -0.39 is 0 Å². The summed E-state index contributed by atoms with van der Waals surface area (Å²) in [7, 11) is 4.19. The molecular weight excluding hydrogens is 562 g/mol. The van der Waals surface area contributed by atoms with Gasteiger partial charge in [-0.25, -0.2) is 4.98 Å². The molecule has 0 atom stereocenters. The number of hydrogen-bond acceptors (Lipinski definition) is 6. The molecule has 8 heteroatoms. The first-order valence-corrected chi connectivity index (χ1v) is 15.9. The summed E-state index contributed by atoms with van der Waals surface area (Å²) < 4.78 is 13.5. The van der Waals surface area contributed by atoms with E-state index >= 15 is 0 Å². The molecule has 2 aliphatic heterocycles. The Hall–Kier alpha value is -4.40. The van der Waals surface area contributed by atoms with Crippen molar-refractivity contribution in [3.63, 3.8) is 0 Å². The van der Waals surface area contributed by atoms with Gasteiger partial charge in [0.2, 0.25) is 0 Å². The average molecular weight is 606 g/mol. The molecule has 0 aliphatic carbocycles. The van der Waals surface area contributed by atoms with Crippen LogP contribution >= 0.6 is 0 Å². The van der Waals surface area contributed by atoms with Crippen LogP contribution in [-0.2, 0) is 29.7 Å². The van der Waals surface area contributed by atoms with Gasteiger partial charge in [-0.3, -0.25) is 9.69 Å². The molecule has 0 saturated carbocycles. The minimum Gasteiger partial charge on any atom is -0.493 e.